The van der Waals surface area contributed by atoms with Crippen molar-refractivity contribution < 1.29 is 9.59 Å². The first kappa shape index (κ1) is 14.5. The molecule has 0 saturated heterocycles. The second-order valence-corrected chi connectivity index (χ2v) is 6.90. The third-order valence-electron chi connectivity index (χ3n) is 4.01. The van der Waals surface area contributed by atoms with Gasteiger partial charge in [0.2, 0.25) is 11.8 Å². The summed E-state index contributed by atoms with van der Waals surface area (Å²) in [5.41, 5.74) is 1.05. The Labute approximate surface area is 128 Å². The fraction of sp³-hybridized carbons (Fsp3) is 0.667. The molecule has 2 aliphatic rings. The summed E-state index contributed by atoms with van der Waals surface area (Å²) in [6.45, 7) is 3.49. The highest BCUT2D eigenvalue weighted by molar-refractivity contribution is 7.15. The van der Waals surface area contributed by atoms with Crippen LogP contribution in [-0.2, 0) is 22.6 Å². The maximum Gasteiger partial charge on any atom is 0.229 e. The summed E-state index contributed by atoms with van der Waals surface area (Å²) in [6.07, 6.45) is 5.42. The topological polar surface area (TPSA) is 62.3 Å². The highest BCUT2D eigenvalue weighted by atomic mass is 32.1. The Hall–Kier alpha value is -1.43. The number of carbonyl (C=O) groups is 2. The molecular weight excluding hydrogens is 286 g/mol. The van der Waals surface area contributed by atoms with Crippen molar-refractivity contribution in [1.29, 1.82) is 0 Å². The minimum atomic E-state index is 0.0944. The SMILES string of the molecule is CCCCC(=O)N1CCc2nc(NC(=O)C3CC3)sc2C1. The van der Waals surface area contributed by atoms with E-state index in [1.807, 2.05) is 4.90 Å². The van der Waals surface area contributed by atoms with E-state index in [-0.39, 0.29) is 17.7 Å². The first-order chi connectivity index (χ1) is 10.2. The Balaban J connectivity index is 1.61. The van der Waals surface area contributed by atoms with Crippen molar-refractivity contribution in [1.82, 2.24) is 9.88 Å². The summed E-state index contributed by atoms with van der Waals surface area (Å²) in [5.74, 6) is 0.523. The van der Waals surface area contributed by atoms with Gasteiger partial charge in [0.05, 0.1) is 12.2 Å². The predicted molar refractivity (Wildman–Crippen MR) is 82.1 cm³/mol. The first-order valence-corrected chi connectivity index (χ1v) is 8.56. The average molecular weight is 307 g/mol. The number of nitrogens with zero attached hydrogens (tertiary/aromatic N) is 2. The van der Waals surface area contributed by atoms with E-state index in [0.717, 1.165) is 49.2 Å². The number of hydrogen-bond donors (Lipinski definition) is 1. The third kappa shape index (κ3) is 3.43. The molecule has 1 aliphatic heterocycles. The number of nitrogens with one attached hydrogen (secondary N) is 1. The lowest BCUT2D eigenvalue weighted by molar-refractivity contribution is -0.132. The first-order valence-electron chi connectivity index (χ1n) is 7.74. The molecule has 1 N–H and O–H groups in total. The van der Waals surface area contributed by atoms with Gasteiger partial charge in [-0.2, -0.15) is 0 Å². The van der Waals surface area contributed by atoms with Gasteiger partial charge in [-0.3, -0.25) is 9.59 Å². The molecule has 1 aliphatic carbocycles. The van der Waals surface area contributed by atoms with Crippen LogP contribution in [0.2, 0.25) is 0 Å². The van der Waals surface area contributed by atoms with Crippen molar-refractivity contribution in [3.05, 3.63) is 10.6 Å². The van der Waals surface area contributed by atoms with Gasteiger partial charge in [0.15, 0.2) is 5.13 Å². The zero-order valence-corrected chi connectivity index (χ0v) is 13.2. The number of rotatable bonds is 5. The maximum absolute atomic E-state index is 12.1. The van der Waals surface area contributed by atoms with Crippen LogP contribution in [0.15, 0.2) is 0 Å². The number of carbonyl (C=O) groups excluding carboxylic acids is 2. The molecule has 0 radical (unpaired) electrons. The molecule has 0 atom stereocenters. The molecule has 0 unspecified atom stereocenters. The van der Waals surface area contributed by atoms with Gasteiger partial charge >= 0.3 is 0 Å². The van der Waals surface area contributed by atoms with E-state index in [2.05, 4.69) is 17.2 Å². The van der Waals surface area contributed by atoms with Crippen LogP contribution in [0.1, 0.15) is 49.6 Å². The molecule has 3 rings (SSSR count). The highest BCUT2D eigenvalue weighted by Crippen LogP contribution is 2.33. The number of unbranched alkanes of at least 4 members (excludes halogenated alkanes) is 1. The van der Waals surface area contributed by atoms with E-state index in [0.29, 0.717) is 18.1 Å². The monoisotopic (exact) mass is 307 g/mol. The van der Waals surface area contributed by atoms with Crippen LogP contribution in [0.25, 0.3) is 0 Å². The van der Waals surface area contributed by atoms with Gasteiger partial charge in [0.1, 0.15) is 0 Å². The Bertz CT molecular complexity index is 551. The number of amides is 2. The lowest BCUT2D eigenvalue weighted by Gasteiger charge is -2.26. The Morgan fingerprint density at radius 1 is 1.43 bits per heavy atom. The summed E-state index contributed by atoms with van der Waals surface area (Å²) < 4.78 is 0. The van der Waals surface area contributed by atoms with Crippen LogP contribution in [0.3, 0.4) is 0 Å². The molecule has 0 aromatic carbocycles. The molecule has 21 heavy (non-hydrogen) atoms. The number of aromatic nitrogens is 1. The van der Waals surface area contributed by atoms with Crippen LogP contribution in [0.4, 0.5) is 5.13 Å². The summed E-state index contributed by atoms with van der Waals surface area (Å²) in [7, 11) is 0. The molecule has 5 nitrogen and oxygen atoms in total. The molecule has 0 spiro atoms. The Morgan fingerprint density at radius 3 is 2.95 bits per heavy atom. The van der Waals surface area contributed by atoms with Gasteiger partial charge in [-0.25, -0.2) is 4.98 Å². The molecule has 6 heteroatoms. The van der Waals surface area contributed by atoms with Crippen LogP contribution in [0, 0.1) is 5.92 Å². The third-order valence-corrected chi connectivity index (χ3v) is 5.00. The second-order valence-electron chi connectivity index (χ2n) is 5.82. The van der Waals surface area contributed by atoms with E-state index < -0.39 is 0 Å². The summed E-state index contributed by atoms with van der Waals surface area (Å²) in [5, 5.41) is 3.60. The van der Waals surface area contributed by atoms with Crippen LogP contribution in [-0.4, -0.2) is 28.2 Å². The van der Waals surface area contributed by atoms with Crippen molar-refractivity contribution in [2.24, 2.45) is 5.92 Å². The molecular formula is C15H21N3O2S. The van der Waals surface area contributed by atoms with Crippen molar-refractivity contribution in [2.75, 3.05) is 11.9 Å². The second kappa shape index (κ2) is 6.13. The predicted octanol–water partition coefficient (Wildman–Crippen LogP) is 2.57. The van der Waals surface area contributed by atoms with Crippen LogP contribution in [0.5, 0.6) is 0 Å². The Morgan fingerprint density at radius 2 is 2.24 bits per heavy atom. The van der Waals surface area contributed by atoms with Crippen molar-refractivity contribution in [3.8, 4) is 0 Å². The largest absolute Gasteiger partial charge is 0.337 e. The van der Waals surface area contributed by atoms with E-state index in [9.17, 15) is 9.59 Å². The molecule has 114 valence electrons. The zero-order chi connectivity index (χ0) is 14.8. The lowest BCUT2D eigenvalue weighted by atomic mass is 10.1. The number of hydrogen-bond acceptors (Lipinski definition) is 4. The summed E-state index contributed by atoms with van der Waals surface area (Å²) in [6, 6.07) is 0. The number of thiazole rings is 1. The average Bonchev–Trinajstić information content (AvgIpc) is 3.25. The fourth-order valence-corrected chi connectivity index (χ4v) is 3.53. The molecule has 1 aromatic heterocycles. The molecule has 2 heterocycles. The normalized spacial score (nSPS) is 17.5. The van der Waals surface area contributed by atoms with E-state index in [1.54, 1.807) is 0 Å². The van der Waals surface area contributed by atoms with Crippen LogP contribution >= 0.6 is 11.3 Å². The summed E-state index contributed by atoms with van der Waals surface area (Å²) >= 11 is 1.52. The zero-order valence-electron chi connectivity index (χ0n) is 12.4. The highest BCUT2D eigenvalue weighted by Gasteiger charge is 2.31. The Kier molecular flexibility index (Phi) is 4.24. The van der Waals surface area contributed by atoms with Gasteiger partial charge < -0.3 is 10.2 Å². The van der Waals surface area contributed by atoms with Crippen molar-refractivity contribution in [2.45, 2.75) is 52.0 Å². The molecule has 1 aromatic rings. The van der Waals surface area contributed by atoms with E-state index in [1.165, 1.54) is 11.3 Å². The molecule has 1 saturated carbocycles. The minimum absolute atomic E-state index is 0.0944. The van der Waals surface area contributed by atoms with Crippen molar-refractivity contribution in [3.63, 3.8) is 0 Å². The quantitative estimate of drug-likeness (QED) is 0.909. The van der Waals surface area contributed by atoms with E-state index >= 15 is 0 Å². The van der Waals surface area contributed by atoms with Gasteiger partial charge in [-0.1, -0.05) is 24.7 Å². The molecule has 1 fully saturated rings. The van der Waals surface area contributed by atoms with Crippen molar-refractivity contribution >= 4 is 28.3 Å². The van der Waals surface area contributed by atoms with Gasteiger partial charge in [-0.15, -0.1) is 0 Å². The van der Waals surface area contributed by atoms with Crippen LogP contribution < -0.4 is 5.32 Å². The number of anilines is 1. The summed E-state index contributed by atoms with van der Waals surface area (Å²) in [4.78, 5) is 31.4. The van der Waals surface area contributed by atoms with Gasteiger partial charge in [0.25, 0.3) is 0 Å². The smallest absolute Gasteiger partial charge is 0.229 e. The lowest BCUT2D eigenvalue weighted by Crippen LogP contribution is -2.35. The molecule has 0 bridgehead atoms. The fourth-order valence-electron chi connectivity index (χ4n) is 2.50. The van der Waals surface area contributed by atoms with Gasteiger partial charge in [0, 0.05) is 30.2 Å². The molecule has 2 amide bonds. The maximum atomic E-state index is 12.1. The van der Waals surface area contributed by atoms with Gasteiger partial charge in [-0.05, 0) is 19.3 Å². The standard InChI is InChI=1S/C15H21N3O2S/c1-2-3-4-13(19)18-8-7-11-12(9-18)21-15(16-11)17-14(20)10-5-6-10/h10H,2-9H2,1H3,(H,16,17,20). The minimum Gasteiger partial charge on any atom is -0.337 e. The number of fused-ring (bicyclic) bond motifs is 1. The van der Waals surface area contributed by atoms with E-state index in [4.69, 9.17) is 0 Å².